The standard InChI is InChI=1S/Dy.Ho.2H2O/h;;2*1H2. The molecule has 0 saturated carbocycles. The van der Waals surface area contributed by atoms with Crippen LogP contribution in [-0.2, 0) is 0 Å². The Bertz CT molecular complexity index is 6.00. The fourth-order valence-electron chi connectivity index (χ4n) is 0. The molecule has 4 heavy (non-hydrogen) atoms. The molecule has 0 aliphatic heterocycles. The fourth-order valence-corrected chi connectivity index (χ4v) is 0. The molecular formula is H4DyHoO2. The predicted octanol–water partition coefficient (Wildman–Crippen LogP) is -1.65. The van der Waals surface area contributed by atoms with E-state index in [1.165, 1.54) is 0 Å². The molecule has 2 nitrogen and oxygen atoms in total. The molecule has 0 spiro atoms. The van der Waals surface area contributed by atoms with Crippen LogP contribution in [0.15, 0.2) is 0 Å². The summed E-state index contributed by atoms with van der Waals surface area (Å²) < 4.78 is 0. The Balaban J connectivity index is 0. The summed E-state index contributed by atoms with van der Waals surface area (Å²) in [5.74, 6) is 0. The smallest absolute Gasteiger partial charge is 0 e. The molecule has 4 heteroatoms. The van der Waals surface area contributed by atoms with Crippen molar-refractivity contribution in [1.82, 2.24) is 0 Å². The minimum atomic E-state index is 0. The van der Waals surface area contributed by atoms with Crippen molar-refractivity contribution in [2.45, 2.75) is 0 Å². The van der Waals surface area contributed by atoms with Gasteiger partial charge in [-0.25, -0.2) is 0 Å². The van der Waals surface area contributed by atoms with Crippen molar-refractivity contribution in [1.29, 1.82) is 0 Å². The molecule has 4 N–H and O–H groups in total. The molecule has 0 heterocycles. The Kier molecular flexibility index (Phi) is 143. The van der Waals surface area contributed by atoms with Gasteiger partial charge in [-0.2, -0.15) is 0 Å². The maximum atomic E-state index is 0. The predicted molar refractivity (Wildman–Crippen MR) is 7.23 cm³/mol. The van der Waals surface area contributed by atoms with E-state index in [0.717, 1.165) is 0 Å². The fraction of sp³-hybridized carbons (Fsp3) is 0. The molecule has 0 aliphatic rings. The minimum Gasteiger partial charge on any atom is -0.412 e. The van der Waals surface area contributed by atoms with Crippen LogP contribution in [0.25, 0.3) is 0 Å². The van der Waals surface area contributed by atoms with Crippen LogP contribution < -0.4 is 0 Å². The summed E-state index contributed by atoms with van der Waals surface area (Å²) in [6.07, 6.45) is 0. The van der Waals surface area contributed by atoms with Gasteiger partial charge in [0.1, 0.15) is 0 Å². The number of hydrogen-bond donors (Lipinski definition) is 0. The molecular weight excluding hydrogens is 359 g/mol. The maximum Gasteiger partial charge on any atom is 0 e. The Morgan fingerprint density at radius 1 is 0.750 bits per heavy atom. The zero-order chi connectivity index (χ0) is 0. The van der Waals surface area contributed by atoms with E-state index >= 15 is 0 Å². The van der Waals surface area contributed by atoms with Crippen LogP contribution in [0, 0.1) is 75.9 Å². The van der Waals surface area contributed by atoms with Gasteiger partial charge >= 0.3 is 0 Å². The summed E-state index contributed by atoms with van der Waals surface area (Å²) in [4.78, 5) is 0. The van der Waals surface area contributed by atoms with E-state index in [1.54, 1.807) is 0 Å². The van der Waals surface area contributed by atoms with Crippen LogP contribution in [0.4, 0.5) is 0 Å². The van der Waals surface area contributed by atoms with E-state index in [9.17, 15) is 0 Å². The average Bonchev–Trinajstić information content (AvgIpc) is 0. The normalized spacial score (nSPS) is 0. The molecule has 1 radical (unpaired) electrons. The third kappa shape index (κ3) is 8.82. The van der Waals surface area contributed by atoms with E-state index in [4.69, 9.17) is 0 Å². The molecule has 0 aromatic carbocycles. The second-order valence-corrected chi connectivity index (χ2v) is 0. The first-order valence-electron chi connectivity index (χ1n) is 0. The van der Waals surface area contributed by atoms with Crippen LogP contribution in [0.3, 0.4) is 0 Å². The second kappa shape index (κ2) is 18.0. The van der Waals surface area contributed by atoms with Crippen LogP contribution >= 0.6 is 0 Å². The topological polar surface area (TPSA) is 63.0 Å². The van der Waals surface area contributed by atoms with Crippen molar-refractivity contribution < 1.29 is 86.9 Å². The Morgan fingerprint density at radius 3 is 0.750 bits per heavy atom. The summed E-state index contributed by atoms with van der Waals surface area (Å²) in [6, 6.07) is 0. The molecule has 0 unspecified atom stereocenters. The molecule has 0 bridgehead atoms. The second-order valence-electron chi connectivity index (χ2n) is 0. The first-order chi connectivity index (χ1) is 0. The number of rotatable bonds is 0. The zero-order valence-electron chi connectivity index (χ0n) is 1.62. The van der Waals surface area contributed by atoms with Gasteiger partial charge in [-0.15, -0.1) is 0 Å². The van der Waals surface area contributed by atoms with Crippen molar-refractivity contribution in [3.8, 4) is 0 Å². The van der Waals surface area contributed by atoms with Gasteiger partial charge in [0, 0.05) is 75.9 Å². The van der Waals surface area contributed by atoms with E-state index < -0.39 is 0 Å². The molecule has 0 aliphatic carbocycles. The van der Waals surface area contributed by atoms with Gasteiger partial charge in [0.2, 0.25) is 0 Å². The van der Waals surface area contributed by atoms with Gasteiger partial charge in [-0.05, 0) is 0 Å². The quantitative estimate of drug-likeness (QED) is 0.463. The molecule has 0 amide bonds. The molecule has 37 valence electrons. The van der Waals surface area contributed by atoms with Crippen molar-refractivity contribution in [3.05, 3.63) is 0 Å². The summed E-state index contributed by atoms with van der Waals surface area (Å²) in [6.45, 7) is 0. The Labute approximate surface area is 85.0 Å². The Morgan fingerprint density at radius 2 is 0.750 bits per heavy atom. The van der Waals surface area contributed by atoms with E-state index in [1.807, 2.05) is 0 Å². The molecule has 0 rings (SSSR count). The summed E-state index contributed by atoms with van der Waals surface area (Å²) in [7, 11) is 0. The monoisotopic (exact) mass is 365 g/mol. The Hall–Kier alpha value is 2.45. The first-order valence-corrected chi connectivity index (χ1v) is 0. The van der Waals surface area contributed by atoms with E-state index in [2.05, 4.69) is 0 Å². The van der Waals surface area contributed by atoms with Crippen LogP contribution in [0.5, 0.6) is 0 Å². The van der Waals surface area contributed by atoms with Crippen LogP contribution in [0.2, 0.25) is 0 Å². The van der Waals surface area contributed by atoms with Crippen molar-refractivity contribution >= 4 is 0 Å². The first kappa shape index (κ1) is 31.9. The summed E-state index contributed by atoms with van der Waals surface area (Å²) in [5.41, 5.74) is 0. The minimum absolute atomic E-state index is 0. The van der Waals surface area contributed by atoms with E-state index in [0.29, 0.717) is 0 Å². The molecule has 0 atom stereocenters. The maximum absolute atomic E-state index is 0. The molecule has 0 aromatic heterocycles. The van der Waals surface area contributed by atoms with Gasteiger partial charge in [0.05, 0.1) is 0 Å². The third-order valence-corrected chi connectivity index (χ3v) is 0. The number of hydrogen-bond acceptors (Lipinski definition) is 0. The molecule has 0 fully saturated rings. The largest absolute Gasteiger partial charge is 0.412 e. The third-order valence-electron chi connectivity index (χ3n) is 0. The van der Waals surface area contributed by atoms with Crippen molar-refractivity contribution in [3.63, 3.8) is 0 Å². The summed E-state index contributed by atoms with van der Waals surface area (Å²) in [5, 5.41) is 0. The van der Waals surface area contributed by atoms with Crippen LogP contribution in [0.1, 0.15) is 0 Å². The van der Waals surface area contributed by atoms with Gasteiger partial charge in [-0.3, -0.25) is 0 Å². The zero-order valence-corrected chi connectivity index (χ0v) is 5.58. The van der Waals surface area contributed by atoms with Crippen molar-refractivity contribution in [2.75, 3.05) is 0 Å². The molecule has 0 saturated heterocycles. The summed E-state index contributed by atoms with van der Waals surface area (Å²) >= 11 is 0. The van der Waals surface area contributed by atoms with Crippen LogP contribution in [-0.4, -0.2) is 11.0 Å². The SMILES string of the molecule is O.O.[Dy].[Ho]. The van der Waals surface area contributed by atoms with E-state index in [-0.39, 0.29) is 86.9 Å². The van der Waals surface area contributed by atoms with Gasteiger partial charge in [0.25, 0.3) is 0 Å². The van der Waals surface area contributed by atoms with Crippen molar-refractivity contribution in [2.24, 2.45) is 0 Å². The van der Waals surface area contributed by atoms with Gasteiger partial charge < -0.3 is 11.0 Å². The average molecular weight is 363 g/mol. The van der Waals surface area contributed by atoms with Gasteiger partial charge in [-0.1, -0.05) is 0 Å². The van der Waals surface area contributed by atoms with Gasteiger partial charge in [0.15, 0.2) is 0 Å². The molecule has 0 aromatic rings.